The maximum Gasteiger partial charge on any atom is 0.147 e. The fourth-order valence-corrected chi connectivity index (χ4v) is 2.05. The third-order valence-corrected chi connectivity index (χ3v) is 3.06. The van der Waals surface area contributed by atoms with Gasteiger partial charge < -0.3 is 10.6 Å². The third-order valence-electron chi connectivity index (χ3n) is 3.06. The molecule has 0 saturated carbocycles. The highest BCUT2D eigenvalue weighted by Gasteiger charge is 2.16. The lowest BCUT2D eigenvalue weighted by Gasteiger charge is -2.24. The summed E-state index contributed by atoms with van der Waals surface area (Å²) in [4.78, 5) is 1.67. The maximum atomic E-state index is 14.1. The first-order valence-corrected chi connectivity index (χ1v) is 6.04. The Hall–Kier alpha value is -1.94. The van der Waals surface area contributed by atoms with Crippen molar-refractivity contribution in [2.24, 2.45) is 5.73 Å². The molecular weight excluding hydrogens is 246 g/mol. The number of benzene rings is 2. The zero-order valence-electron chi connectivity index (χ0n) is 10.9. The molecule has 0 unspecified atom stereocenters. The summed E-state index contributed by atoms with van der Waals surface area (Å²) in [6.07, 6.45) is 0. The topological polar surface area (TPSA) is 29.3 Å². The minimum absolute atomic E-state index is 0.284. The maximum absolute atomic E-state index is 14.1. The molecule has 19 heavy (non-hydrogen) atoms. The summed E-state index contributed by atoms with van der Waals surface area (Å²) in [5.74, 6) is -0.667. The molecule has 0 aliphatic rings. The predicted molar refractivity (Wildman–Crippen MR) is 73.5 cm³/mol. The minimum Gasteiger partial charge on any atom is -0.342 e. The van der Waals surface area contributed by atoms with Crippen molar-refractivity contribution in [3.05, 3.63) is 59.7 Å². The smallest absolute Gasteiger partial charge is 0.147 e. The molecule has 0 heterocycles. The van der Waals surface area contributed by atoms with E-state index in [-0.39, 0.29) is 17.7 Å². The monoisotopic (exact) mass is 262 g/mol. The third kappa shape index (κ3) is 2.74. The number of nitrogens with zero attached hydrogens (tertiary/aromatic N) is 1. The van der Waals surface area contributed by atoms with Crippen molar-refractivity contribution in [2.75, 3.05) is 11.9 Å². The van der Waals surface area contributed by atoms with E-state index in [1.165, 1.54) is 18.2 Å². The zero-order chi connectivity index (χ0) is 14.0. The van der Waals surface area contributed by atoms with Gasteiger partial charge in [0.25, 0.3) is 0 Å². The van der Waals surface area contributed by atoms with Crippen molar-refractivity contribution in [3.63, 3.8) is 0 Å². The lowest BCUT2D eigenvalue weighted by atomic mass is 10.1. The summed E-state index contributed by atoms with van der Waals surface area (Å²) in [7, 11) is 1.73. The highest BCUT2D eigenvalue weighted by atomic mass is 19.1. The fourth-order valence-electron chi connectivity index (χ4n) is 2.05. The number of rotatable bonds is 3. The van der Waals surface area contributed by atoms with Gasteiger partial charge in [-0.15, -0.1) is 0 Å². The van der Waals surface area contributed by atoms with E-state index in [1.807, 2.05) is 0 Å². The second-order valence-electron chi connectivity index (χ2n) is 4.50. The first-order chi connectivity index (χ1) is 9.00. The first-order valence-electron chi connectivity index (χ1n) is 6.04. The molecular formula is C15H16F2N2. The van der Waals surface area contributed by atoms with Crippen LogP contribution in [0.1, 0.15) is 18.5 Å². The van der Waals surface area contributed by atoms with Gasteiger partial charge in [-0.1, -0.05) is 12.1 Å². The average Bonchev–Trinajstić information content (AvgIpc) is 2.38. The average molecular weight is 262 g/mol. The molecule has 2 aromatic carbocycles. The van der Waals surface area contributed by atoms with Gasteiger partial charge in [0.2, 0.25) is 0 Å². The molecule has 2 aromatic rings. The van der Waals surface area contributed by atoms with Gasteiger partial charge in [0, 0.05) is 18.8 Å². The first kappa shape index (κ1) is 13.5. The molecule has 0 saturated heterocycles. The van der Waals surface area contributed by atoms with Crippen LogP contribution in [-0.2, 0) is 0 Å². The van der Waals surface area contributed by atoms with Crippen molar-refractivity contribution in [1.29, 1.82) is 0 Å². The highest BCUT2D eigenvalue weighted by molar-refractivity contribution is 5.67. The molecule has 1 atom stereocenters. The van der Waals surface area contributed by atoms with E-state index < -0.39 is 0 Å². The lowest BCUT2D eigenvalue weighted by molar-refractivity contribution is 0.621. The second kappa shape index (κ2) is 5.36. The van der Waals surface area contributed by atoms with E-state index >= 15 is 0 Å². The number of para-hydroxylation sites is 1. The molecule has 0 aromatic heterocycles. The Labute approximate surface area is 111 Å². The largest absolute Gasteiger partial charge is 0.342 e. The minimum atomic E-state index is -0.346. The second-order valence-corrected chi connectivity index (χ2v) is 4.50. The van der Waals surface area contributed by atoms with Gasteiger partial charge in [-0.2, -0.15) is 0 Å². The number of halogens is 2. The molecule has 2 N–H and O–H groups in total. The summed E-state index contributed by atoms with van der Waals surface area (Å²) in [6, 6.07) is 10.4. The summed E-state index contributed by atoms with van der Waals surface area (Å²) in [5.41, 5.74) is 7.71. The molecule has 0 spiro atoms. The normalized spacial score (nSPS) is 12.3. The predicted octanol–water partition coefficient (Wildman–Crippen LogP) is 3.75. The van der Waals surface area contributed by atoms with Gasteiger partial charge in [0.15, 0.2) is 0 Å². The zero-order valence-corrected chi connectivity index (χ0v) is 10.9. The van der Waals surface area contributed by atoms with E-state index in [4.69, 9.17) is 5.73 Å². The number of hydrogen-bond donors (Lipinski definition) is 1. The molecule has 0 amide bonds. The standard InChI is InChI=1S/C15H16F2N2/c1-10(18)13-4-3-5-14(17)15(13)19(2)12-8-6-11(16)7-9-12/h3-10H,18H2,1-2H3/t10-/m1/s1. The molecule has 4 heteroatoms. The Bertz CT molecular complexity index is 565. The van der Waals surface area contributed by atoms with E-state index in [0.29, 0.717) is 16.9 Å². The summed E-state index contributed by atoms with van der Waals surface area (Å²) >= 11 is 0. The van der Waals surface area contributed by atoms with Gasteiger partial charge in [-0.3, -0.25) is 0 Å². The Morgan fingerprint density at radius 3 is 2.26 bits per heavy atom. The Balaban J connectivity index is 2.49. The van der Waals surface area contributed by atoms with Crippen LogP contribution in [0.15, 0.2) is 42.5 Å². The summed E-state index contributed by atoms with van der Waals surface area (Å²) in [6.45, 7) is 1.80. The van der Waals surface area contributed by atoms with E-state index in [0.717, 1.165) is 0 Å². The van der Waals surface area contributed by atoms with Crippen LogP contribution in [0.3, 0.4) is 0 Å². The van der Waals surface area contributed by atoms with Gasteiger partial charge in [0.1, 0.15) is 11.6 Å². The van der Waals surface area contributed by atoms with E-state index in [9.17, 15) is 8.78 Å². The Morgan fingerprint density at radius 1 is 1.05 bits per heavy atom. The summed E-state index contributed by atoms with van der Waals surface area (Å²) < 4.78 is 27.0. The fraction of sp³-hybridized carbons (Fsp3) is 0.200. The van der Waals surface area contributed by atoms with Crippen molar-refractivity contribution >= 4 is 11.4 Å². The Morgan fingerprint density at radius 2 is 1.68 bits per heavy atom. The van der Waals surface area contributed by atoms with Gasteiger partial charge in [0.05, 0.1) is 5.69 Å². The van der Waals surface area contributed by atoms with Gasteiger partial charge >= 0.3 is 0 Å². The molecule has 0 radical (unpaired) electrons. The van der Waals surface area contributed by atoms with Gasteiger partial charge in [-0.25, -0.2) is 8.78 Å². The molecule has 0 aliphatic heterocycles. The van der Waals surface area contributed by atoms with Crippen LogP contribution in [-0.4, -0.2) is 7.05 Å². The molecule has 0 fully saturated rings. The molecule has 2 rings (SSSR count). The van der Waals surface area contributed by atoms with E-state index in [2.05, 4.69) is 0 Å². The van der Waals surface area contributed by atoms with Crippen molar-refractivity contribution in [1.82, 2.24) is 0 Å². The highest BCUT2D eigenvalue weighted by Crippen LogP contribution is 2.32. The quantitative estimate of drug-likeness (QED) is 0.912. The lowest BCUT2D eigenvalue weighted by Crippen LogP contribution is -2.17. The van der Waals surface area contributed by atoms with Crippen LogP contribution in [0.4, 0.5) is 20.2 Å². The molecule has 0 bridgehead atoms. The number of hydrogen-bond acceptors (Lipinski definition) is 2. The Kier molecular flexibility index (Phi) is 3.81. The summed E-state index contributed by atoms with van der Waals surface area (Å²) in [5, 5.41) is 0. The van der Waals surface area contributed by atoms with Crippen molar-refractivity contribution in [3.8, 4) is 0 Å². The molecule has 2 nitrogen and oxygen atoms in total. The van der Waals surface area contributed by atoms with Crippen LogP contribution < -0.4 is 10.6 Å². The van der Waals surface area contributed by atoms with Crippen LogP contribution >= 0.6 is 0 Å². The SMILES string of the molecule is C[C@@H](N)c1cccc(F)c1N(C)c1ccc(F)cc1. The number of nitrogens with two attached hydrogens (primary N) is 1. The van der Waals surface area contributed by atoms with Crippen molar-refractivity contribution < 1.29 is 8.78 Å². The van der Waals surface area contributed by atoms with Crippen molar-refractivity contribution in [2.45, 2.75) is 13.0 Å². The van der Waals surface area contributed by atoms with Gasteiger partial charge in [-0.05, 0) is 42.8 Å². The number of anilines is 2. The van der Waals surface area contributed by atoms with Crippen LogP contribution in [0.5, 0.6) is 0 Å². The van der Waals surface area contributed by atoms with Crippen LogP contribution in [0, 0.1) is 11.6 Å². The van der Waals surface area contributed by atoms with E-state index in [1.54, 1.807) is 43.1 Å². The molecule has 100 valence electrons. The van der Waals surface area contributed by atoms with Crippen LogP contribution in [0.2, 0.25) is 0 Å². The van der Waals surface area contributed by atoms with Crippen LogP contribution in [0.25, 0.3) is 0 Å². The molecule has 0 aliphatic carbocycles.